The third-order valence-corrected chi connectivity index (χ3v) is 3.32. The maximum Gasteiger partial charge on any atom is 0.239 e. The fraction of sp³-hybridized carbons (Fsp3) is 0.533. The summed E-state index contributed by atoms with van der Waals surface area (Å²) < 4.78 is 5.57. The lowest BCUT2D eigenvalue weighted by Gasteiger charge is -2.23. The quantitative estimate of drug-likeness (QED) is 0.787. The normalized spacial score (nSPS) is 12.3. The van der Waals surface area contributed by atoms with Crippen molar-refractivity contribution < 1.29 is 9.53 Å². The van der Waals surface area contributed by atoms with Gasteiger partial charge in [-0.05, 0) is 30.5 Å². The maximum absolute atomic E-state index is 11.9. The first-order valence-corrected chi connectivity index (χ1v) is 7.18. The van der Waals surface area contributed by atoms with Gasteiger partial charge in [-0.2, -0.15) is 0 Å². The van der Waals surface area contributed by atoms with Gasteiger partial charge in [0.05, 0.1) is 12.6 Å². The van der Waals surface area contributed by atoms with Crippen LogP contribution in [0.5, 0.6) is 5.75 Å². The molecule has 1 aromatic rings. The minimum atomic E-state index is -0.436. The number of amides is 1. The number of ether oxygens (including phenoxy) is 1. The monoisotopic (exact) mass is 298 g/mol. The van der Waals surface area contributed by atoms with Gasteiger partial charge in [-0.1, -0.05) is 31.5 Å². The number of nitrogens with two attached hydrogens (primary N) is 1. The molecule has 1 aromatic carbocycles. The van der Waals surface area contributed by atoms with Crippen LogP contribution in [0.1, 0.15) is 20.3 Å². The topological polar surface area (TPSA) is 55.6 Å². The molecule has 0 spiro atoms. The first-order chi connectivity index (χ1) is 9.41. The van der Waals surface area contributed by atoms with Crippen LogP contribution in [0.15, 0.2) is 24.3 Å². The van der Waals surface area contributed by atoms with E-state index in [-0.39, 0.29) is 11.8 Å². The zero-order valence-electron chi connectivity index (χ0n) is 12.3. The van der Waals surface area contributed by atoms with E-state index in [9.17, 15) is 4.79 Å². The van der Waals surface area contributed by atoms with Crippen LogP contribution >= 0.6 is 11.6 Å². The molecular weight excluding hydrogens is 276 g/mol. The van der Waals surface area contributed by atoms with E-state index in [1.165, 1.54) is 0 Å². The molecule has 0 aliphatic carbocycles. The van der Waals surface area contributed by atoms with Crippen molar-refractivity contribution in [2.45, 2.75) is 26.3 Å². The van der Waals surface area contributed by atoms with E-state index in [0.29, 0.717) is 18.2 Å². The minimum absolute atomic E-state index is 0.0252. The summed E-state index contributed by atoms with van der Waals surface area (Å²) in [7, 11) is 1.77. The summed E-state index contributed by atoms with van der Waals surface area (Å²) in [5, 5.41) is 0.651. The molecule has 0 saturated carbocycles. The Balaban J connectivity index is 2.29. The number of hydrogen-bond acceptors (Lipinski definition) is 3. The van der Waals surface area contributed by atoms with E-state index in [2.05, 4.69) is 0 Å². The number of carbonyl (C=O) groups is 1. The molecule has 0 aromatic heterocycles. The molecule has 1 amide bonds. The summed E-state index contributed by atoms with van der Waals surface area (Å²) in [5.74, 6) is 0.862. The molecule has 5 heteroatoms. The van der Waals surface area contributed by atoms with Gasteiger partial charge in [-0.3, -0.25) is 4.79 Å². The maximum atomic E-state index is 11.9. The summed E-state index contributed by atoms with van der Waals surface area (Å²) >= 11 is 5.87. The summed E-state index contributed by atoms with van der Waals surface area (Å²) in [4.78, 5) is 13.6. The SMILES string of the molecule is CC(C)[C@H](N)C(=O)N(C)CCCOc1cccc(Cl)c1. The molecule has 2 N–H and O–H groups in total. The standard InChI is InChI=1S/C15H23ClN2O2/c1-11(2)14(17)15(19)18(3)8-5-9-20-13-7-4-6-12(16)10-13/h4,6-7,10-11,14H,5,8-9,17H2,1-3H3/t14-/m0/s1. The van der Waals surface area contributed by atoms with Gasteiger partial charge in [-0.25, -0.2) is 0 Å². The highest BCUT2D eigenvalue weighted by atomic mass is 35.5. The summed E-state index contributed by atoms with van der Waals surface area (Å²) in [6.07, 6.45) is 0.750. The van der Waals surface area contributed by atoms with E-state index < -0.39 is 6.04 Å². The Bertz CT molecular complexity index is 438. The van der Waals surface area contributed by atoms with Gasteiger partial charge >= 0.3 is 0 Å². The number of halogens is 1. The Morgan fingerprint density at radius 1 is 1.45 bits per heavy atom. The predicted molar refractivity (Wildman–Crippen MR) is 82.0 cm³/mol. The van der Waals surface area contributed by atoms with Crippen molar-refractivity contribution in [1.82, 2.24) is 4.90 Å². The van der Waals surface area contributed by atoms with Gasteiger partial charge < -0.3 is 15.4 Å². The van der Waals surface area contributed by atoms with Gasteiger partial charge in [0.1, 0.15) is 5.75 Å². The second kappa shape index (κ2) is 8.12. The highest BCUT2D eigenvalue weighted by molar-refractivity contribution is 6.30. The van der Waals surface area contributed by atoms with Crippen molar-refractivity contribution in [2.24, 2.45) is 11.7 Å². The zero-order chi connectivity index (χ0) is 15.1. The first kappa shape index (κ1) is 16.8. The number of carbonyl (C=O) groups excluding carboxylic acids is 1. The van der Waals surface area contributed by atoms with Gasteiger partial charge in [0.2, 0.25) is 5.91 Å². The Hall–Kier alpha value is -1.26. The smallest absolute Gasteiger partial charge is 0.239 e. The Labute approximate surface area is 125 Å². The molecule has 20 heavy (non-hydrogen) atoms. The Morgan fingerprint density at radius 3 is 2.75 bits per heavy atom. The van der Waals surface area contributed by atoms with E-state index in [1.54, 1.807) is 24.1 Å². The average Bonchev–Trinajstić information content (AvgIpc) is 2.41. The van der Waals surface area contributed by atoms with Gasteiger partial charge in [0.15, 0.2) is 0 Å². The lowest BCUT2D eigenvalue weighted by molar-refractivity contribution is -0.132. The van der Waals surface area contributed by atoms with Crippen molar-refractivity contribution in [3.63, 3.8) is 0 Å². The molecule has 0 heterocycles. The van der Waals surface area contributed by atoms with Gasteiger partial charge in [0, 0.05) is 18.6 Å². The minimum Gasteiger partial charge on any atom is -0.493 e. The molecule has 0 aliphatic heterocycles. The van der Waals surface area contributed by atoms with Crippen LogP contribution in [0.25, 0.3) is 0 Å². The molecule has 112 valence electrons. The molecule has 1 atom stereocenters. The highest BCUT2D eigenvalue weighted by Crippen LogP contribution is 2.17. The van der Waals surface area contributed by atoms with Crippen LogP contribution in [0.2, 0.25) is 5.02 Å². The summed E-state index contributed by atoms with van der Waals surface area (Å²) in [5.41, 5.74) is 5.84. The van der Waals surface area contributed by atoms with Crippen molar-refractivity contribution in [3.8, 4) is 5.75 Å². The molecule has 1 rings (SSSR count). The van der Waals surface area contributed by atoms with Crippen LogP contribution in [-0.2, 0) is 4.79 Å². The van der Waals surface area contributed by atoms with Crippen LogP contribution in [0.3, 0.4) is 0 Å². The average molecular weight is 299 g/mol. The fourth-order valence-corrected chi connectivity index (χ4v) is 1.88. The van der Waals surface area contributed by atoms with Crippen LogP contribution in [0.4, 0.5) is 0 Å². The van der Waals surface area contributed by atoms with E-state index in [4.69, 9.17) is 22.1 Å². The largest absolute Gasteiger partial charge is 0.493 e. The Morgan fingerprint density at radius 2 is 2.15 bits per heavy atom. The molecule has 0 fully saturated rings. The second-order valence-electron chi connectivity index (χ2n) is 5.19. The van der Waals surface area contributed by atoms with Crippen molar-refractivity contribution in [1.29, 1.82) is 0 Å². The molecule has 0 aliphatic rings. The number of nitrogens with zero attached hydrogens (tertiary/aromatic N) is 1. The molecule has 0 bridgehead atoms. The number of hydrogen-bond donors (Lipinski definition) is 1. The van der Waals surface area contributed by atoms with Crippen molar-refractivity contribution in [3.05, 3.63) is 29.3 Å². The van der Waals surface area contributed by atoms with E-state index in [0.717, 1.165) is 12.2 Å². The lowest BCUT2D eigenvalue weighted by atomic mass is 10.0. The summed E-state index contributed by atoms with van der Waals surface area (Å²) in [6, 6.07) is 6.83. The molecule has 0 saturated heterocycles. The van der Waals surface area contributed by atoms with Crippen LogP contribution in [0, 0.1) is 5.92 Å². The lowest BCUT2D eigenvalue weighted by Crippen LogP contribution is -2.45. The van der Waals surface area contributed by atoms with Crippen molar-refractivity contribution in [2.75, 3.05) is 20.2 Å². The first-order valence-electron chi connectivity index (χ1n) is 6.80. The predicted octanol–water partition coefficient (Wildman–Crippen LogP) is 2.55. The molecule has 0 radical (unpaired) electrons. The Kier molecular flexibility index (Phi) is 6.82. The fourth-order valence-electron chi connectivity index (χ4n) is 1.70. The van der Waals surface area contributed by atoms with Gasteiger partial charge in [0.25, 0.3) is 0 Å². The number of likely N-dealkylation sites (N-methyl/N-ethyl adjacent to an activating group) is 1. The van der Waals surface area contributed by atoms with Gasteiger partial charge in [-0.15, -0.1) is 0 Å². The van der Waals surface area contributed by atoms with E-state index in [1.807, 2.05) is 26.0 Å². The summed E-state index contributed by atoms with van der Waals surface area (Å²) in [6.45, 7) is 5.05. The zero-order valence-corrected chi connectivity index (χ0v) is 13.1. The number of benzene rings is 1. The highest BCUT2D eigenvalue weighted by Gasteiger charge is 2.20. The van der Waals surface area contributed by atoms with Crippen LogP contribution in [-0.4, -0.2) is 37.0 Å². The van der Waals surface area contributed by atoms with Crippen molar-refractivity contribution >= 4 is 17.5 Å². The van der Waals surface area contributed by atoms with Crippen LogP contribution < -0.4 is 10.5 Å². The second-order valence-corrected chi connectivity index (χ2v) is 5.63. The molecule has 0 unspecified atom stereocenters. The molecular formula is C15H23ClN2O2. The van der Waals surface area contributed by atoms with E-state index >= 15 is 0 Å². The third kappa shape index (κ3) is 5.39. The molecule has 4 nitrogen and oxygen atoms in total. The number of rotatable bonds is 7. The third-order valence-electron chi connectivity index (χ3n) is 3.08.